The van der Waals surface area contributed by atoms with Crippen molar-refractivity contribution in [1.82, 2.24) is 0 Å². The van der Waals surface area contributed by atoms with E-state index in [9.17, 15) is 0 Å². The molecule has 3 nitrogen and oxygen atoms in total. The van der Waals surface area contributed by atoms with E-state index in [2.05, 4.69) is 20.8 Å². The van der Waals surface area contributed by atoms with E-state index < -0.39 is 0 Å². The maximum atomic E-state index is 8.07. The average molecular weight is 310 g/mol. The van der Waals surface area contributed by atoms with Gasteiger partial charge in [-0.1, -0.05) is 40.0 Å². The molecule has 0 aliphatic rings. The summed E-state index contributed by atoms with van der Waals surface area (Å²) >= 11 is 0. The average Bonchev–Trinajstić information content (AvgIpc) is 2.23. The van der Waals surface area contributed by atoms with Crippen LogP contribution in [0.3, 0.4) is 0 Å². The van der Waals surface area contributed by atoms with Crippen LogP contribution in [-0.4, -0.2) is 35.1 Å². The molecule has 0 aromatic rings. The Bertz CT molecular complexity index is 58.5. The molecule has 0 spiro atoms. The summed E-state index contributed by atoms with van der Waals surface area (Å²) in [6.45, 7) is 7.19. The maximum Gasteiger partial charge on any atom is 0.0430 e. The fourth-order valence-electron chi connectivity index (χ4n) is 0.474. The summed E-state index contributed by atoms with van der Waals surface area (Å²) in [6.07, 6.45) is 6.11. The molecule has 5 heteroatoms. The van der Waals surface area contributed by atoms with E-state index in [4.69, 9.17) is 15.3 Å². The number of aliphatic hydroxyl groups excluding tert-OH is 3. The molecule has 0 fully saturated rings. The molecule has 17 heavy (non-hydrogen) atoms. The molecule has 0 rings (SSSR count). The molecular formula is C12H31ClO3V. The third-order valence-electron chi connectivity index (χ3n) is 1.54. The van der Waals surface area contributed by atoms with Gasteiger partial charge in [-0.3, -0.25) is 0 Å². The molecule has 0 saturated carbocycles. The Kier molecular flexibility index (Phi) is 78.8. The number of hydrogen-bond donors (Lipinski definition) is 3. The van der Waals surface area contributed by atoms with Gasteiger partial charge in [-0.05, 0) is 19.3 Å². The molecule has 3 N–H and O–H groups in total. The fraction of sp³-hybridized carbons (Fsp3) is 1.00. The van der Waals surface area contributed by atoms with E-state index in [0.29, 0.717) is 19.8 Å². The number of aliphatic hydroxyl groups is 3. The van der Waals surface area contributed by atoms with Crippen molar-refractivity contribution in [1.29, 1.82) is 0 Å². The Labute approximate surface area is 125 Å². The van der Waals surface area contributed by atoms with Crippen molar-refractivity contribution < 1.29 is 33.9 Å². The first kappa shape index (κ1) is 30.6. The fourth-order valence-corrected chi connectivity index (χ4v) is 0.474. The minimum Gasteiger partial charge on any atom is -0.396 e. The number of halogens is 1. The standard InChI is InChI=1S/3C4H10O.ClH.V/c3*1-2-3-4-5;;/h3*5H,2-4H2,1H3;1H;. The first-order valence-corrected chi connectivity index (χ1v) is 6.07. The molecule has 0 atom stereocenters. The number of unbranched alkanes of at least 4 members (excludes halogenated alkanes) is 3. The topological polar surface area (TPSA) is 60.7 Å². The molecule has 0 aliphatic carbocycles. The molecule has 1 radical (unpaired) electrons. The van der Waals surface area contributed by atoms with E-state index in [1.54, 1.807) is 0 Å². The smallest absolute Gasteiger partial charge is 0.0430 e. The molecule has 0 heterocycles. The maximum absolute atomic E-state index is 8.07. The second-order valence-electron chi connectivity index (χ2n) is 3.23. The molecule has 0 unspecified atom stereocenters. The third-order valence-corrected chi connectivity index (χ3v) is 1.54. The third kappa shape index (κ3) is 79.9. The van der Waals surface area contributed by atoms with Crippen molar-refractivity contribution in [2.24, 2.45) is 0 Å². The van der Waals surface area contributed by atoms with Gasteiger partial charge in [-0.25, -0.2) is 0 Å². The largest absolute Gasteiger partial charge is 0.396 e. The van der Waals surface area contributed by atoms with Gasteiger partial charge in [0.05, 0.1) is 0 Å². The van der Waals surface area contributed by atoms with Gasteiger partial charge in [0.2, 0.25) is 0 Å². The Morgan fingerprint density at radius 3 is 0.765 bits per heavy atom. The summed E-state index contributed by atoms with van der Waals surface area (Å²) in [5, 5.41) is 24.2. The van der Waals surface area contributed by atoms with Gasteiger partial charge >= 0.3 is 0 Å². The Morgan fingerprint density at radius 2 is 0.765 bits per heavy atom. The minimum atomic E-state index is 0. The number of hydrogen-bond acceptors (Lipinski definition) is 3. The van der Waals surface area contributed by atoms with Crippen molar-refractivity contribution in [2.75, 3.05) is 19.8 Å². The van der Waals surface area contributed by atoms with Crippen LogP contribution in [0.25, 0.3) is 0 Å². The van der Waals surface area contributed by atoms with Gasteiger partial charge in [0.1, 0.15) is 0 Å². The van der Waals surface area contributed by atoms with Crippen molar-refractivity contribution in [3.63, 3.8) is 0 Å². The second-order valence-corrected chi connectivity index (χ2v) is 3.23. The first-order valence-electron chi connectivity index (χ1n) is 6.07. The van der Waals surface area contributed by atoms with Crippen LogP contribution in [0.5, 0.6) is 0 Å². The summed E-state index contributed by atoms with van der Waals surface area (Å²) in [5.41, 5.74) is 0. The SMILES string of the molecule is CCCCO.CCCCO.CCCCO.Cl.[V]. The van der Waals surface area contributed by atoms with Crippen LogP contribution < -0.4 is 0 Å². The zero-order valence-corrected chi connectivity index (χ0v) is 13.8. The molecular weight excluding hydrogens is 279 g/mol. The predicted molar refractivity (Wildman–Crippen MR) is 73.2 cm³/mol. The summed E-state index contributed by atoms with van der Waals surface area (Å²) in [5.74, 6) is 0. The van der Waals surface area contributed by atoms with Gasteiger partial charge < -0.3 is 15.3 Å². The zero-order chi connectivity index (χ0) is 12.4. The Balaban J connectivity index is -0.0000000400. The van der Waals surface area contributed by atoms with Crippen LogP contribution in [0.1, 0.15) is 59.3 Å². The Morgan fingerprint density at radius 1 is 0.588 bits per heavy atom. The predicted octanol–water partition coefficient (Wildman–Crippen LogP) is 2.76. The zero-order valence-electron chi connectivity index (χ0n) is 11.6. The van der Waals surface area contributed by atoms with Gasteiger partial charge in [0.15, 0.2) is 0 Å². The van der Waals surface area contributed by atoms with Crippen molar-refractivity contribution >= 4 is 12.4 Å². The van der Waals surface area contributed by atoms with Gasteiger partial charge in [0.25, 0.3) is 0 Å². The van der Waals surface area contributed by atoms with Crippen molar-refractivity contribution in [3.8, 4) is 0 Å². The van der Waals surface area contributed by atoms with E-state index >= 15 is 0 Å². The van der Waals surface area contributed by atoms with Crippen LogP contribution in [0.4, 0.5) is 0 Å². The molecule has 0 aromatic carbocycles. The molecule has 0 amide bonds. The quantitative estimate of drug-likeness (QED) is 0.707. The van der Waals surface area contributed by atoms with E-state index in [1.165, 1.54) is 0 Å². The normalized spacial score (nSPS) is 7.41. The van der Waals surface area contributed by atoms with Crippen molar-refractivity contribution in [2.45, 2.75) is 59.3 Å². The van der Waals surface area contributed by atoms with Crippen LogP contribution in [0, 0.1) is 0 Å². The Hall–Kier alpha value is 0.754. The summed E-state index contributed by atoms with van der Waals surface area (Å²) in [4.78, 5) is 0. The van der Waals surface area contributed by atoms with Crippen LogP contribution in [0.2, 0.25) is 0 Å². The van der Waals surface area contributed by atoms with Gasteiger partial charge in [-0.2, -0.15) is 0 Å². The summed E-state index contributed by atoms with van der Waals surface area (Å²) in [7, 11) is 0. The molecule has 0 saturated heterocycles. The monoisotopic (exact) mass is 309 g/mol. The van der Waals surface area contributed by atoms with Crippen LogP contribution in [-0.2, 0) is 18.6 Å². The molecule has 0 bridgehead atoms. The van der Waals surface area contributed by atoms with Gasteiger partial charge in [0, 0.05) is 38.4 Å². The molecule has 0 aromatic heterocycles. The van der Waals surface area contributed by atoms with Crippen LogP contribution >= 0.6 is 12.4 Å². The summed E-state index contributed by atoms with van der Waals surface area (Å²) in [6, 6.07) is 0. The number of rotatable bonds is 6. The molecule has 109 valence electrons. The first-order chi connectivity index (χ1) is 7.24. The van der Waals surface area contributed by atoms with Gasteiger partial charge in [-0.15, -0.1) is 12.4 Å². The minimum absolute atomic E-state index is 0. The summed E-state index contributed by atoms with van der Waals surface area (Å²) < 4.78 is 0. The van der Waals surface area contributed by atoms with E-state index in [-0.39, 0.29) is 31.0 Å². The van der Waals surface area contributed by atoms with Crippen molar-refractivity contribution in [3.05, 3.63) is 0 Å². The van der Waals surface area contributed by atoms with E-state index in [0.717, 1.165) is 38.5 Å². The molecule has 0 aliphatic heterocycles. The van der Waals surface area contributed by atoms with E-state index in [1.807, 2.05) is 0 Å². The second kappa shape index (κ2) is 43.7. The van der Waals surface area contributed by atoms with Crippen LogP contribution in [0.15, 0.2) is 0 Å².